The Hall–Kier alpha value is 0.0800. The maximum Gasteiger partial charge on any atom is 0.185 e. The molecule has 0 heterocycles. The maximum absolute atomic E-state index is 11.4. The highest BCUT2D eigenvalue weighted by molar-refractivity contribution is 8.14. The zero-order chi connectivity index (χ0) is 23.9. The smallest absolute Gasteiger partial charge is 0.185 e. The number of rotatable bonds is 12. The molecule has 0 N–H and O–H groups in total. The van der Waals surface area contributed by atoms with Crippen molar-refractivity contribution in [1.29, 1.82) is 0 Å². The van der Waals surface area contributed by atoms with Crippen molar-refractivity contribution in [1.82, 2.24) is 0 Å². The summed E-state index contributed by atoms with van der Waals surface area (Å²) in [5, 5.41) is 0.732. The summed E-state index contributed by atoms with van der Waals surface area (Å²) in [7, 11) is 0. The van der Waals surface area contributed by atoms with Crippen molar-refractivity contribution >= 4 is 67.5 Å². The van der Waals surface area contributed by atoms with E-state index >= 15 is 0 Å². The summed E-state index contributed by atoms with van der Waals surface area (Å²) in [5.41, 5.74) is 0. The van der Waals surface area contributed by atoms with E-state index in [-0.39, 0.29) is 20.5 Å². The van der Waals surface area contributed by atoms with Gasteiger partial charge in [0.2, 0.25) is 0 Å². The first-order valence-electron chi connectivity index (χ1n) is 11.7. The van der Waals surface area contributed by atoms with Gasteiger partial charge in [0.15, 0.2) is 20.5 Å². The van der Waals surface area contributed by atoms with Gasteiger partial charge in [-0.15, -0.1) is 0 Å². The van der Waals surface area contributed by atoms with E-state index in [4.69, 9.17) is 0 Å². The molecule has 32 heavy (non-hydrogen) atoms. The first kappa shape index (κ1) is 30.1. The standard InChI is InChI=1S/C24H40O4S4/c1-17(25)29-9-5-21-13-22(6-10-30-18(2)26)15-24(8-12-32-20(4)28)16-23(14-21)7-11-31-19(3)27/h21-24H,5-16H2,1-4H3. The van der Waals surface area contributed by atoms with Crippen LogP contribution in [-0.2, 0) is 19.2 Å². The van der Waals surface area contributed by atoms with Gasteiger partial charge in [-0.3, -0.25) is 19.2 Å². The Balaban J connectivity index is 2.83. The van der Waals surface area contributed by atoms with Gasteiger partial charge in [0, 0.05) is 50.7 Å². The molecule has 0 aliphatic heterocycles. The molecule has 1 fully saturated rings. The summed E-state index contributed by atoms with van der Waals surface area (Å²) in [6.45, 7) is 6.54. The Morgan fingerprint density at radius 2 is 0.656 bits per heavy atom. The van der Waals surface area contributed by atoms with Gasteiger partial charge in [-0.05, 0) is 75.0 Å². The fourth-order valence-corrected chi connectivity index (χ4v) is 7.65. The fraction of sp³-hybridized carbons (Fsp3) is 0.833. The molecule has 0 spiro atoms. The lowest BCUT2D eigenvalue weighted by Gasteiger charge is -2.35. The zero-order valence-corrected chi connectivity index (χ0v) is 23.3. The quantitative estimate of drug-likeness (QED) is 0.281. The maximum atomic E-state index is 11.4. The topological polar surface area (TPSA) is 68.3 Å². The minimum Gasteiger partial charge on any atom is -0.288 e. The van der Waals surface area contributed by atoms with Crippen molar-refractivity contribution in [2.24, 2.45) is 23.7 Å². The molecule has 1 saturated carbocycles. The minimum atomic E-state index is 0.183. The predicted molar refractivity (Wildman–Crippen MR) is 143 cm³/mol. The van der Waals surface area contributed by atoms with E-state index in [0.29, 0.717) is 23.7 Å². The normalized spacial score (nSPS) is 23.9. The van der Waals surface area contributed by atoms with Gasteiger partial charge in [-0.2, -0.15) is 0 Å². The van der Waals surface area contributed by atoms with Crippen LogP contribution in [0.2, 0.25) is 0 Å². The van der Waals surface area contributed by atoms with Gasteiger partial charge in [-0.1, -0.05) is 47.0 Å². The van der Waals surface area contributed by atoms with Crippen LogP contribution in [0, 0.1) is 23.7 Å². The van der Waals surface area contributed by atoms with E-state index in [1.807, 2.05) is 0 Å². The third kappa shape index (κ3) is 15.8. The molecule has 0 aromatic carbocycles. The van der Waals surface area contributed by atoms with Crippen LogP contribution in [0.3, 0.4) is 0 Å². The molecule has 8 heteroatoms. The van der Waals surface area contributed by atoms with Crippen molar-refractivity contribution in [3.05, 3.63) is 0 Å². The molecule has 0 saturated heterocycles. The minimum absolute atomic E-state index is 0.183. The molecule has 1 aliphatic rings. The molecular weight excluding hydrogens is 481 g/mol. The lowest BCUT2D eigenvalue weighted by molar-refractivity contribution is -0.109. The second-order valence-electron chi connectivity index (χ2n) is 8.92. The van der Waals surface area contributed by atoms with Gasteiger partial charge >= 0.3 is 0 Å². The van der Waals surface area contributed by atoms with Crippen LogP contribution < -0.4 is 0 Å². The summed E-state index contributed by atoms with van der Waals surface area (Å²) in [6.07, 6.45) is 8.85. The number of carbonyl (C=O) groups excluding carboxylic acids is 4. The third-order valence-corrected chi connectivity index (χ3v) is 9.38. The fourth-order valence-electron chi connectivity index (χ4n) is 4.69. The Morgan fingerprint density at radius 1 is 0.469 bits per heavy atom. The van der Waals surface area contributed by atoms with E-state index < -0.39 is 0 Å². The Kier molecular flexibility index (Phi) is 16.5. The lowest BCUT2D eigenvalue weighted by Crippen LogP contribution is -2.24. The van der Waals surface area contributed by atoms with Crippen LogP contribution in [0.15, 0.2) is 0 Å². The van der Waals surface area contributed by atoms with Crippen LogP contribution in [0.1, 0.15) is 79.1 Å². The van der Waals surface area contributed by atoms with Crippen molar-refractivity contribution in [2.75, 3.05) is 23.0 Å². The third-order valence-electron chi connectivity index (χ3n) is 5.99. The highest BCUT2D eigenvalue weighted by Gasteiger charge is 2.29. The summed E-state index contributed by atoms with van der Waals surface area (Å²) in [5.74, 6) is 5.88. The average molecular weight is 521 g/mol. The van der Waals surface area contributed by atoms with E-state index in [1.54, 1.807) is 27.7 Å². The van der Waals surface area contributed by atoms with Crippen molar-refractivity contribution in [3.8, 4) is 0 Å². The van der Waals surface area contributed by atoms with Crippen LogP contribution in [-0.4, -0.2) is 43.5 Å². The SMILES string of the molecule is CC(=O)SCCC1CC(CCSC(C)=O)CC(CCSC(C)=O)CC(CCSC(C)=O)C1. The molecule has 0 amide bonds. The Labute approximate surface area is 211 Å². The second-order valence-corrected chi connectivity index (χ2v) is 14.0. The van der Waals surface area contributed by atoms with E-state index in [0.717, 1.165) is 74.4 Å². The number of hydrogen-bond acceptors (Lipinski definition) is 8. The zero-order valence-electron chi connectivity index (χ0n) is 20.1. The van der Waals surface area contributed by atoms with Gasteiger partial charge in [0.25, 0.3) is 0 Å². The Bertz CT molecular complexity index is 499. The van der Waals surface area contributed by atoms with Crippen molar-refractivity contribution < 1.29 is 19.2 Å². The number of thioether (sulfide) groups is 4. The molecule has 0 atom stereocenters. The van der Waals surface area contributed by atoms with Crippen molar-refractivity contribution in [2.45, 2.75) is 79.1 Å². The summed E-state index contributed by atoms with van der Waals surface area (Å²) >= 11 is 5.70. The van der Waals surface area contributed by atoms with Crippen LogP contribution in [0.25, 0.3) is 0 Å². The molecule has 184 valence electrons. The van der Waals surface area contributed by atoms with Gasteiger partial charge in [0.1, 0.15) is 0 Å². The summed E-state index contributed by atoms with van der Waals surface area (Å²) in [6, 6.07) is 0. The molecule has 0 radical (unpaired) electrons. The predicted octanol–water partition coefficient (Wildman–Crippen LogP) is 6.70. The largest absolute Gasteiger partial charge is 0.288 e. The van der Waals surface area contributed by atoms with Gasteiger partial charge in [0.05, 0.1) is 0 Å². The van der Waals surface area contributed by atoms with Gasteiger partial charge < -0.3 is 0 Å². The van der Waals surface area contributed by atoms with Crippen LogP contribution in [0.5, 0.6) is 0 Å². The Morgan fingerprint density at radius 3 is 0.812 bits per heavy atom. The number of hydrogen-bond donors (Lipinski definition) is 0. The molecule has 0 aromatic heterocycles. The van der Waals surface area contributed by atoms with E-state index in [2.05, 4.69) is 0 Å². The molecular formula is C24H40O4S4. The van der Waals surface area contributed by atoms with Crippen LogP contribution in [0.4, 0.5) is 0 Å². The van der Waals surface area contributed by atoms with E-state index in [9.17, 15) is 19.2 Å². The highest BCUT2D eigenvalue weighted by Crippen LogP contribution is 2.40. The van der Waals surface area contributed by atoms with Crippen molar-refractivity contribution in [3.63, 3.8) is 0 Å². The first-order chi connectivity index (χ1) is 15.2. The number of carbonyl (C=O) groups is 4. The molecule has 0 aromatic rings. The summed E-state index contributed by atoms with van der Waals surface area (Å²) < 4.78 is 0. The van der Waals surface area contributed by atoms with Gasteiger partial charge in [-0.25, -0.2) is 0 Å². The summed E-state index contributed by atoms with van der Waals surface area (Å²) in [4.78, 5) is 45.6. The molecule has 0 bridgehead atoms. The molecule has 4 nitrogen and oxygen atoms in total. The highest BCUT2D eigenvalue weighted by atomic mass is 32.2. The molecule has 1 aliphatic carbocycles. The molecule has 1 rings (SSSR count). The van der Waals surface area contributed by atoms with E-state index in [1.165, 1.54) is 47.0 Å². The first-order valence-corrected chi connectivity index (χ1v) is 15.6. The average Bonchev–Trinajstić information content (AvgIpc) is 2.64. The lowest BCUT2D eigenvalue weighted by atomic mass is 9.72. The molecule has 0 unspecified atom stereocenters. The monoisotopic (exact) mass is 520 g/mol. The second kappa shape index (κ2) is 17.5. The van der Waals surface area contributed by atoms with Crippen LogP contribution >= 0.6 is 47.0 Å².